The molecule has 1 fully saturated rings. The van der Waals surface area contributed by atoms with Crippen LogP contribution >= 0.6 is 11.3 Å². The molecule has 0 amide bonds. The average Bonchev–Trinajstić information content (AvgIpc) is 3.06. The molecule has 0 bridgehead atoms. The van der Waals surface area contributed by atoms with Crippen molar-refractivity contribution in [3.8, 4) is 0 Å². The number of sulfonamides is 1. The van der Waals surface area contributed by atoms with Crippen LogP contribution in [0.1, 0.15) is 18.4 Å². The van der Waals surface area contributed by atoms with E-state index in [1.165, 1.54) is 17.4 Å². The van der Waals surface area contributed by atoms with Gasteiger partial charge < -0.3 is 0 Å². The van der Waals surface area contributed by atoms with E-state index in [0.29, 0.717) is 16.3 Å². The summed E-state index contributed by atoms with van der Waals surface area (Å²) in [6, 6.07) is 10.1. The molecule has 1 aromatic heterocycles. The van der Waals surface area contributed by atoms with Crippen LogP contribution in [0, 0.1) is 5.82 Å². The van der Waals surface area contributed by atoms with Crippen LogP contribution in [-0.2, 0) is 16.6 Å². The van der Waals surface area contributed by atoms with Gasteiger partial charge in [0.05, 0.1) is 0 Å². The van der Waals surface area contributed by atoms with Crippen molar-refractivity contribution >= 4 is 21.4 Å². The van der Waals surface area contributed by atoms with Crippen LogP contribution in [0.5, 0.6) is 0 Å². The highest BCUT2D eigenvalue weighted by Gasteiger charge is 2.25. The SMILES string of the molecule is O=S(=O)(NC1CCN(Cc2ccccc2F)CC1)c1cccs1. The number of nitrogens with zero attached hydrogens (tertiary/aromatic N) is 1. The van der Waals surface area contributed by atoms with Gasteiger partial charge in [0.2, 0.25) is 10.0 Å². The van der Waals surface area contributed by atoms with E-state index in [0.717, 1.165) is 25.9 Å². The lowest BCUT2D eigenvalue weighted by molar-refractivity contribution is 0.198. The second-order valence-corrected chi connectivity index (χ2v) is 8.58. The largest absolute Gasteiger partial charge is 0.299 e. The van der Waals surface area contributed by atoms with E-state index in [9.17, 15) is 12.8 Å². The highest BCUT2D eigenvalue weighted by Crippen LogP contribution is 2.20. The lowest BCUT2D eigenvalue weighted by Gasteiger charge is -2.32. The first-order valence-electron chi connectivity index (χ1n) is 7.56. The molecular weight excluding hydrogens is 335 g/mol. The van der Waals surface area contributed by atoms with Gasteiger partial charge in [-0.3, -0.25) is 4.90 Å². The molecule has 0 radical (unpaired) electrons. The van der Waals surface area contributed by atoms with Crippen LogP contribution in [-0.4, -0.2) is 32.4 Å². The van der Waals surface area contributed by atoms with Crippen molar-refractivity contribution in [3.63, 3.8) is 0 Å². The number of likely N-dealkylation sites (tertiary alicyclic amines) is 1. The molecular formula is C16H19FN2O2S2. The molecule has 0 spiro atoms. The first kappa shape index (κ1) is 16.6. The summed E-state index contributed by atoms with van der Waals surface area (Å²) >= 11 is 1.22. The number of thiophene rings is 1. The van der Waals surface area contributed by atoms with Crippen LogP contribution in [0.2, 0.25) is 0 Å². The van der Waals surface area contributed by atoms with Gasteiger partial charge in [0.15, 0.2) is 0 Å². The third-order valence-electron chi connectivity index (χ3n) is 4.02. The molecule has 1 aromatic carbocycles. The second kappa shape index (κ2) is 7.09. The summed E-state index contributed by atoms with van der Waals surface area (Å²) in [4.78, 5) is 2.16. The van der Waals surface area contributed by atoms with E-state index in [1.54, 1.807) is 29.6 Å². The van der Waals surface area contributed by atoms with Gasteiger partial charge in [-0.1, -0.05) is 24.3 Å². The second-order valence-electron chi connectivity index (χ2n) is 5.70. The molecule has 1 aliphatic heterocycles. The van der Waals surface area contributed by atoms with Crippen molar-refractivity contribution in [1.29, 1.82) is 0 Å². The highest BCUT2D eigenvalue weighted by atomic mass is 32.2. The van der Waals surface area contributed by atoms with Gasteiger partial charge in [-0.25, -0.2) is 17.5 Å². The minimum Gasteiger partial charge on any atom is -0.299 e. The predicted octanol–water partition coefficient (Wildman–Crippen LogP) is 2.83. The maximum atomic E-state index is 13.7. The van der Waals surface area contributed by atoms with Gasteiger partial charge in [0.1, 0.15) is 10.0 Å². The summed E-state index contributed by atoms with van der Waals surface area (Å²) in [5.41, 5.74) is 0.685. The quantitative estimate of drug-likeness (QED) is 0.898. The average molecular weight is 354 g/mol. The van der Waals surface area contributed by atoms with Crippen LogP contribution in [0.25, 0.3) is 0 Å². The smallest absolute Gasteiger partial charge is 0.250 e. The third-order valence-corrected chi connectivity index (χ3v) is 6.94. The molecule has 2 aromatic rings. The summed E-state index contributed by atoms with van der Waals surface area (Å²) in [6.45, 7) is 2.08. The number of benzene rings is 1. The van der Waals surface area contributed by atoms with E-state index >= 15 is 0 Å². The monoisotopic (exact) mass is 354 g/mol. The Kier molecular flexibility index (Phi) is 5.11. The molecule has 0 unspecified atom stereocenters. The molecule has 1 N–H and O–H groups in total. The number of hydrogen-bond donors (Lipinski definition) is 1. The maximum Gasteiger partial charge on any atom is 0.250 e. The van der Waals surface area contributed by atoms with Crippen molar-refractivity contribution in [1.82, 2.24) is 9.62 Å². The fourth-order valence-electron chi connectivity index (χ4n) is 2.77. The molecule has 3 rings (SSSR count). The van der Waals surface area contributed by atoms with Gasteiger partial charge in [-0.05, 0) is 30.4 Å². The molecule has 1 saturated heterocycles. The highest BCUT2D eigenvalue weighted by molar-refractivity contribution is 7.91. The lowest BCUT2D eigenvalue weighted by Crippen LogP contribution is -2.44. The Labute approximate surface area is 140 Å². The first-order chi connectivity index (χ1) is 11.0. The van der Waals surface area contributed by atoms with E-state index < -0.39 is 10.0 Å². The van der Waals surface area contributed by atoms with Crippen LogP contribution in [0.4, 0.5) is 4.39 Å². The molecule has 1 aliphatic rings. The topological polar surface area (TPSA) is 49.4 Å². The Hall–Kier alpha value is -1.28. The summed E-state index contributed by atoms with van der Waals surface area (Å²) < 4.78 is 41.2. The van der Waals surface area contributed by atoms with Crippen molar-refractivity contribution in [2.75, 3.05) is 13.1 Å². The molecule has 23 heavy (non-hydrogen) atoms. The number of nitrogens with one attached hydrogen (secondary N) is 1. The fraction of sp³-hybridized carbons (Fsp3) is 0.375. The van der Waals surface area contributed by atoms with Gasteiger partial charge in [-0.2, -0.15) is 0 Å². The molecule has 0 saturated carbocycles. The molecule has 0 aliphatic carbocycles. The van der Waals surface area contributed by atoms with Gasteiger partial charge in [0, 0.05) is 31.2 Å². The van der Waals surface area contributed by atoms with Crippen molar-refractivity contribution in [2.24, 2.45) is 0 Å². The van der Waals surface area contributed by atoms with E-state index in [4.69, 9.17) is 0 Å². The molecule has 0 atom stereocenters. The molecule has 4 nitrogen and oxygen atoms in total. The van der Waals surface area contributed by atoms with Gasteiger partial charge >= 0.3 is 0 Å². The number of rotatable bonds is 5. The first-order valence-corrected chi connectivity index (χ1v) is 9.92. The van der Waals surface area contributed by atoms with Gasteiger partial charge in [-0.15, -0.1) is 11.3 Å². The number of piperidine rings is 1. The van der Waals surface area contributed by atoms with Gasteiger partial charge in [0.25, 0.3) is 0 Å². The van der Waals surface area contributed by atoms with Crippen LogP contribution in [0.3, 0.4) is 0 Å². The lowest BCUT2D eigenvalue weighted by atomic mass is 10.1. The zero-order valence-electron chi connectivity index (χ0n) is 12.6. The van der Waals surface area contributed by atoms with Crippen LogP contribution in [0.15, 0.2) is 46.0 Å². The number of hydrogen-bond acceptors (Lipinski definition) is 4. The van der Waals surface area contributed by atoms with Crippen molar-refractivity contribution < 1.29 is 12.8 Å². The third kappa shape index (κ3) is 4.17. The van der Waals surface area contributed by atoms with E-state index in [2.05, 4.69) is 9.62 Å². The van der Waals surface area contributed by atoms with E-state index in [-0.39, 0.29) is 11.9 Å². The Morgan fingerprint density at radius 2 is 1.91 bits per heavy atom. The standard InChI is InChI=1S/C16H19FN2O2S2/c17-15-5-2-1-4-13(15)12-19-9-7-14(8-10-19)18-23(20,21)16-6-3-11-22-16/h1-6,11,14,18H,7-10,12H2. The molecule has 124 valence electrons. The molecule has 2 heterocycles. The minimum atomic E-state index is -3.41. The Balaban J connectivity index is 1.54. The summed E-state index contributed by atoms with van der Waals surface area (Å²) in [5, 5.41) is 1.76. The van der Waals surface area contributed by atoms with Crippen molar-refractivity contribution in [2.45, 2.75) is 29.6 Å². The Morgan fingerprint density at radius 1 is 1.17 bits per heavy atom. The predicted molar refractivity (Wildman–Crippen MR) is 89.3 cm³/mol. The normalized spacial score (nSPS) is 17.4. The van der Waals surface area contributed by atoms with E-state index in [1.807, 2.05) is 6.07 Å². The number of halogens is 1. The minimum absolute atomic E-state index is 0.0565. The summed E-state index contributed by atoms with van der Waals surface area (Å²) in [6.07, 6.45) is 1.47. The zero-order chi connectivity index (χ0) is 16.3. The molecule has 7 heteroatoms. The summed E-state index contributed by atoms with van der Waals surface area (Å²) in [7, 11) is -3.41. The summed E-state index contributed by atoms with van der Waals surface area (Å²) in [5.74, 6) is -0.187. The Morgan fingerprint density at radius 3 is 2.57 bits per heavy atom. The fourth-order valence-corrected chi connectivity index (χ4v) is 5.08. The Bertz CT molecular complexity index is 739. The van der Waals surface area contributed by atoms with Crippen molar-refractivity contribution in [3.05, 3.63) is 53.2 Å². The maximum absolute atomic E-state index is 13.7. The van der Waals surface area contributed by atoms with Crippen LogP contribution < -0.4 is 4.72 Å². The zero-order valence-corrected chi connectivity index (χ0v) is 14.2.